The summed E-state index contributed by atoms with van der Waals surface area (Å²) in [4.78, 5) is 14.4. The third-order valence-corrected chi connectivity index (χ3v) is 4.44. The number of morpholine rings is 1. The molecular formula is C15H30N2O3. The van der Waals surface area contributed by atoms with Crippen LogP contribution in [0.4, 0.5) is 0 Å². The van der Waals surface area contributed by atoms with E-state index >= 15 is 0 Å². The van der Waals surface area contributed by atoms with E-state index in [1.54, 1.807) is 0 Å². The first kappa shape index (κ1) is 17.4. The van der Waals surface area contributed by atoms with Crippen LogP contribution >= 0.6 is 0 Å². The molecule has 0 saturated carbocycles. The van der Waals surface area contributed by atoms with Gasteiger partial charge in [-0.15, -0.1) is 0 Å². The maximum absolute atomic E-state index is 12.0. The van der Waals surface area contributed by atoms with Crippen molar-refractivity contribution in [3.8, 4) is 0 Å². The van der Waals surface area contributed by atoms with Gasteiger partial charge in [0.1, 0.15) is 5.54 Å². The Bertz CT molecular complexity index is 324. The van der Waals surface area contributed by atoms with Gasteiger partial charge >= 0.3 is 5.97 Å². The molecule has 0 aromatic rings. The van der Waals surface area contributed by atoms with Crippen molar-refractivity contribution in [1.29, 1.82) is 0 Å². The number of ether oxygens (including phenoxy) is 2. The lowest BCUT2D eigenvalue weighted by molar-refractivity contribution is -0.149. The second-order valence-electron chi connectivity index (χ2n) is 6.03. The molecule has 0 spiro atoms. The zero-order chi connectivity index (χ0) is 15.3. The Morgan fingerprint density at radius 3 is 2.75 bits per heavy atom. The van der Waals surface area contributed by atoms with E-state index < -0.39 is 5.54 Å². The SMILES string of the molecule is CCC1COC(C)CN1C(C)CC(C)(NC)C(=O)OC. The van der Waals surface area contributed by atoms with Gasteiger partial charge in [0.25, 0.3) is 0 Å². The Kier molecular flexibility index (Phi) is 6.43. The minimum absolute atomic E-state index is 0.207. The van der Waals surface area contributed by atoms with Crippen LogP contribution in [0.2, 0.25) is 0 Å². The highest BCUT2D eigenvalue weighted by molar-refractivity contribution is 5.80. The van der Waals surface area contributed by atoms with E-state index in [0.29, 0.717) is 12.1 Å². The summed E-state index contributed by atoms with van der Waals surface area (Å²) in [6.45, 7) is 10.1. The van der Waals surface area contributed by atoms with Crippen molar-refractivity contribution in [3.05, 3.63) is 0 Å². The molecule has 1 fully saturated rings. The number of carbonyl (C=O) groups excluding carboxylic acids is 1. The number of methoxy groups -OCH3 is 1. The molecule has 0 aromatic carbocycles. The fourth-order valence-electron chi connectivity index (χ4n) is 2.98. The van der Waals surface area contributed by atoms with E-state index in [1.165, 1.54) is 7.11 Å². The van der Waals surface area contributed by atoms with E-state index in [9.17, 15) is 4.79 Å². The van der Waals surface area contributed by atoms with Gasteiger partial charge in [-0.25, -0.2) is 0 Å². The molecule has 0 bridgehead atoms. The summed E-state index contributed by atoms with van der Waals surface area (Å²) >= 11 is 0. The molecule has 1 heterocycles. The van der Waals surface area contributed by atoms with Gasteiger partial charge in [0.2, 0.25) is 0 Å². The minimum atomic E-state index is -0.645. The van der Waals surface area contributed by atoms with E-state index in [0.717, 1.165) is 26.0 Å². The molecule has 0 radical (unpaired) electrons. The predicted octanol–water partition coefficient (Wildman–Crippen LogP) is 1.42. The first-order chi connectivity index (χ1) is 9.37. The second-order valence-corrected chi connectivity index (χ2v) is 6.03. The van der Waals surface area contributed by atoms with Gasteiger partial charge in [-0.1, -0.05) is 6.92 Å². The molecule has 1 rings (SSSR count). The zero-order valence-corrected chi connectivity index (χ0v) is 13.7. The Balaban J connectivity index is 2.76. The van der Waals surface area contributed by atoms with Crippen molar-refractivity contribution >= 4 is 5.97 Å². The van der Waals surface area contributed by atoms with Crippen molar-refractivity contribution < 1.29 is 14.3 Å². The molecule has 4 unspecified atom stereocenters. The quantitative estimate of drug-likeness (QED) is 0.748. The van der Waals surface area contributed by atoms with Crippen LogP contribution in [-0.4, -0.2) is 61.9 Å². The summed E-state index contributed by atoms with van der Waals surface area (Å²) in [5.74, 6) is -0.207. The molecule has 1 saturated heterocycles. The summed E-state index contributed by atoms with van der Waals surface area (Å²) < 4.78 is 10.7. The molecule has 0 aliphatic carbocycles. The normalized spacial score (nSPS) is 28.7. The number of carbonyl (C=O) groups is 1. The average Bonchev–Trinajstić information content (AvgIpc) is 2.45. The van der Waals surface area contributed by atoms with Gasteiger partial charge in [-0.3, -0.25) is 9.69 Å². The third kappa shape index (κ3) is 3.93. The maximum atomic E-state index is 12.0. The Morgan fingerprint density at radius 1 is 1.60 bits per heavy atom. The molecule has 0 aromatic heterocycles. The Morgan fingerprint density at radius 2 is 2.25 bits per heavy atom. The zero-order valence-electron chi connectivity index (χ0n) is 13.7. The fraction of sp³-hybridized carbons (Fsp3) is 0.933. The number of hydrogen-bond acceptors (Lipinski definition) is 5. The molecule has 0 amide bonds. The minimum Gasteiger partial charge on any atom is -0.468 e. The van der Waals surface area contributed by atoms with E-state index in [1.807, 2.05) is 14.0 Å². The summed E-state index contributed by atoms with van der Waals surface area (Å²) in [5.41, 5.74) is -0.645. The van der Waals surface area contributed by atoms with Crippen LogP contribution in [0.15, 0.2) is 0 Å². The van der Waals surface area contributed by atoms with Crippen LogP contribution in [0.3, 0.4) is 0 Å². The molecule has 1 aliphatic rings. The second kappa shape index (κ2) is 7.38. The number of esters is 1. The van der Waals surface area contributed by atoms with E-state index in [-0.39, 0.29) is 12.1 Å². The fourth-order valence-corrected chi connectivity index (χ4v) is 2.98. The molecule has 118 valence electrons. The summed E-state index contributed by atoms with van der Waals surface area (Å²) in [6.07, 6.45) is 2.03. The van der Waals surface area contributed by atoms with Gasteiger partial charge in [-0.2, -0.15) is 0 Å². The van der Waals surface area contributed by atoms with Gasteiger partial charge in [0.15, 0.2) is 0 Å². The predicted molar refractivity (Wildman–Crippen MR) is 79.8 cm³/mol. The molecule has 5 nitrogen and oxygen atoms in total. The van der Waals surface area contributed by atoms with Crippen LogP contribution in [0.1, 0.15) is 40.5 Å². The molecule has 4 atom stereocenters. The van der Waals surface area contributed by atoms with E-state index in [2.05, 4.69) is 31.0 Å². The number of rotatable bonds is 6. The lowest BCUT2D eigenvalue weighted by Crippen LogP contribution is -2.57. The Labute approximate surface area is 123 Å². The van der Waals surface area contributed by atoms with Crippen molar-refractivity contribution in [2.24, 2.45) is 0 Å². The van der Waals surface area contributed by atoms with Gasteiger partial charge in [0.05, 0.1) is 19.8 Å². The first-order valence-corrected chi connectivity index (χ1v) is 7.52. The standard InChI is InChI=1S/C15H30N2O3/c1-7-13-10-20-12(3)9-17(13)11(2)8-15(4,16-5)14(18)19-6/h11-13,16H,7-10H2,1-6H3. The van der Waals surface area contributed by atoms with Crippen molar-refractivity contribution in [1.82, 2.24) is 10.2 Å². The average molecular weight is 286 g/mol. The first-order valence-electron chi connectivity index (χ1n) is 7.52. The third-order valence-electron chi connectivity index (χ3n) is 4.44. The molecule has 1 aliphatic heterocycles. The molecular weight excluding hydrogens is 256 g/mol. The largest absolute Gasteiger partial charge is 0.468 e. The number of hydrogen-bond donors (Lipinski definition) is 1. The summed E-state index contributed by atoms with van der Waals surface area (Å²) in [5, 5.41) is 3.11. The summed E-state index contributed by atoms with van der Waals surface area (Å²) in [7, 11) is 3.25. The highest BCUT2D eigenvalue weighted by atomic mass is 16.5. The summed E-state index contributed by atoms with van der Waals surface area (Å²) in [6, 6.07) is 0.725. The van der Waals surface area contributed by atoms with Gasteiger partial charge in [-0.05, 0) is 40.7 Å². The van der Waals surface area contributed by atoms with Crippen molar-refractivity contribution in [2.75, 3.05) is 27.3 Å². The molecule has 20 heavy (non-hydrogen) atoms. The molecule has 1 N–H and O–H groups in total. The number of nitrogens with one attached hydrogen (secondary N) is 1. The van der Waals surface area contributed by atoms with Crippen molar-refractivity contribution in [3.63, 3.8) is 0 Å². The van der Waals surface area contributed by atoms with Crippen LogP contribution in [0.5, 0.6) is 0 Å². The Hall–Kier alpha value is -0.650. The van der Waals surface area contributed by atoms with Crippen LogP contribution < -0.4 is 5.32 Å². The van der Waals surface area contributed by atoms with Gasteiger partial charge < -0.3 is 14.8 Å². The van der Waals surface area contributed by atoms with E-state index in [4.69, 9.17) is 9.47 Å². The van der Waals surface area contributed by atoms with Crippen LogP contribution in [-0.2, 0) is 14.3 Å². The van der Waals surface area contributed by atoms with Gasteiger partial charge in [0, 0.05) is 18.6 Å². The maximum Gasteiger partial charge on any atom is 0.325 e. The lowest BCUT2D eigenvalue weighted by atomic mass is 9.91. The monoisotopic (exact) mass is 286 g/mol. The topological polar surface area (TPSA) is 50.8 Å². The van der Waals surface area contributed by atoms with Crippen LogP contribution in [0, 0.1) is 0 Å². The highest BCUT2D eigenvalue weighted by Crippen LogP contribution is 2.23. The lowest BCUT2D eigenvalue weighted by Gasteiger charge is -2.44. The molecule has 5 heteroatoms. The number of likely N-dealkylation sites (N-methyl/N-ethyl adjacent to an activating group) is 1. The van der Waals surface area contributed by atoms with Crippen LogP contribution in [0.25, 0.3) is 0 Å². The highest BCUT2D eigenvalue weighted by Gasteiger charge is 2.38. The van der Waals surface area contributed by atoms with Crippen molar-refractivity contribution in [2.45, 2.75) is 64.3 Å². The number of nitrogens with zero attached hydrogens (tertiary/aromatic N) is 1. The smallest absolute Gasteiger partial charge is 0.325 e.